The SMILES string of the molecule is CC(=O)ON=Cc1c(NC(=O)c2cn(C)nc2C(F)F)cnn1-c1c(F)cc(F)cc1F. The smallest absolute Gasteiger partial charge is 0.319 e. The highest BCUT2D eigenvalue weighted by molar-refractivity contribution is 6.07. The molecule has 3 aromatic rings. The summed E-state index contributed by atoms with van der Waals surface area (Å²) in [6.45, 7) is 1.03. The molecule has 0 saturated heterocycles. The number of aromatic nitrogens is 4. The maximum atomic E-state index is 14.3. The van der Waals surface area contributed by atoms with Gasteiger partial charge < -0.3 is 10.2 Å². The molecule has 0 aliphatic heterocycles. The third kappa shape index (κ3) is 4.63. The van der Waals surface area contributed by atoms with Crippen molar-refractivity contribution in [1.29, 1.82) is 0 Å². The van der Waals surface area contributed by atoms with Crippen molar-refractivity contribution in [2.75, 3.05) is 5.32 Å². The molecule has 32 heavy (non-hydrogen) atoms. The molecule has 0 unspecified atom stereocenters. The summed E-state index contributed by atoms with van der Waals surface area (Å²) >= 11 is 0. The quantitative estimate of drug-likeness (QED) is 0.266. The van der Waals surface area contributed by atoms with Gasteiger partial charge >= 0.3 is 5.97 Å². The average Bonchev–Trinajstić information content (AvgIpc) is 3.25. The van der Waals surface area contributed by atoms with Crippen LogP contribution in [-0.4, -0.2) is 37.7 Å². The van der Waals surface area contributed by atoms with Crippen LogP contribution in [0.15, 0.2) is 29.7 Å². The molecule has 9 nitrogen and oxygen atoms in total. The molecule has 0 aliphatic carbocycles. The lowest BCUT2D eigenvalue weighted by Gasteiger charge is -2.09. The molecule has 14 heteroatoms. The number of oxime groups is 1. The van der Waals surface area contributed by atoms with Crippen molar-refractivity contribution >= 4 is 23.8 Å². The molecule has 0 spiro atoms. The van der Waals surface area contributed by atoms with E-state index in [-0.39, 0.29) is 11.4 Å². The topological polar surface area (TPSA) is 103 Å². The molecule has 2 aromatic heterocycles. The average molecular weight is 456 g/mol. The van der Waals surface area contributed by atoms with Gasteiger partial charge in [-0.1, -0.05) is 5.16 Å². The lowest BCUT2D eigenvalue weighted by Crippen LogP contribution is -2.15. The van der Waals surface area contributed by atoms with Gasteiger partial charge in [-0.3, -0.25) is 9.48 Å². The summed E-state index contributed by atoms with van der Waals surface area (Å²) in [6.07, 6.45) is -0.267. The van der Waals surface area contributed by atoms with Gasteiger partial charge in [-0.25, -0.2) is 31.4 Å². The normalized spacial score (nSPS) is 11.4. The van der Waals surface area contributed by atoms with E-state index in [4.69, 9.17) is 0 Å². The first kappa shape index (κ1) is 22.6. The lowest BCUT2D eigenvalue weighted by atomic mass is 10.2. The highest BCUT2D eigenvalue weighted by Crippen LogP contribution is 2.26. The van der Waals surface area contributed by atoms with Gasteiger partial charge in [-0.2, -0.15) is 10.2 Å². The molecule has 3 rings (SSSR count). The second-order valence-electron chi connectivity index (χ2n) is 6.25. The molecule has 0 radical (unpaired) electrons. The number of aryl methyl sites for hydroxylation is 1. The Labute approximate surface area is 176 Å². The summed E-state index contributed by atoms with van der Waals surface area (Å²) < 4.78 is 69.7. The molecule has 0 fully saturated rings. The summed E-state index contributed by atoms with van der Waals surface area (Å²) in [5.74, 6) is -5.71. The fourth-order valence-corrected chi connectivity index (χ4v) is 2.68. The number of carbonyl (C=O) groups is 2. The molecule has 2 heterocycles. The fourth-order valence-electron chi connectivity index (χ4n) is 2.68. The Hall–Kier alpha value is -4.10. The van der Waals surface area contributed by atoms with Crippen molar-refractivity contribution in [2.24, 2.45) is 12.2 Å². The van der Waals surface area contributed by atoms with Crippen molar-refractivity contribution in [3.8, 4) is 5.69 Å². The molecule has 0 aliphatic rings. The maximum absolute atomic E-state index is 14.3. The van der Waals surface area contributed by atoms with E-state index in [1.165, 1.54) is 7.05 Å². The summed E-state index contributed by atoms with van der Waals surface area (Å²) in [5.41, 5.74) is -2.63. The highest BCUT2D eigenvalue weighted by atomic mass is 19.3. The number of benzene rings is 1. The minimum atomic E-state index is -3.05. The standard InChI is InChI=1S/C18H13F5N6O3/c1-8(30)32-25-6-14-13(26-18(31)10-7-28(2)27-15(10)17(22)23)5-24-29(14)16-11(20)3-9(19)4-12(16)21/h3-7,17H,1-2H3,(H,26,31). The Morgan fingerprint density at radius 3 is 2.47 bits per heavy atom. The monoisotopic (exact) mass is 456 g/mol. The summed E-state index contributed by atoms with van der Waals surface area (Å²) in [7, 11) is 1.33. The van der Waals surface area contributed by atoms with Crippen LogP contribution in [-0.2, 0) is 16.7 Å². The Morgan fingerprint density at radius 1 is 1.22 bits per heavy atom. The molecular formula is C18H13F5N6O3. The Kier molecular flexibility index (Phi) is 6.32. The van der Waals surface area contributed by atoms with Gasteiger partial charge in [-0.15, -0.1) is 0 Å². The Morgan fingerprint density at radius 2 is 1.88 bits per heavy atom. The number of nitrogens with zero attached hydrogens (tertiary/aromatic N) is 5. The molecule has 0 saturated carbocycles. The molecular weight excluding hydrogens is 443 g/mol. The van der Waals surface area contributed by atoms with Crippen molar-refractivity contribution < 1.29 is 36.4 Å². The van der Waals surface area contributed by atoms with Gasteiger partial charge in [0, 0.05) is 32.3 Å². The summed E-state index contributed by atoms with van der Waals surface area (Å²) in [4.78, 5) is 27.9. The molecule has 1 N–H and O–H groups in total. The number of amides is 1. The van der Waals surface area contributed by atoms with Crippen molar-refractivity contribution in [1.82, 2.24) is 19.6 Å². The van der Waals surface area contributed by atoms with Gasteiger partial charge in [0.15, 0.2) is 11.6 Å². The molecule has 1 amide bonds. The molecule has 0 bridgehead atoms. The zero-order valence-electron chi connectivity index (χ0n) is 16.3. The van der Waals surface area contributed by atoms with E-state index in [0.717, 1.165) is 30.2 Å². The second-order valence-corrected chi connectivity index (χ2v) is 6.25. The van der Waals surface area contributed by atoms with Crippen molar-refractivity contribution in [3.63, 3.8) is 0 Å². The number of hydrogen-bond donors (Lipinski definition) is 1. The van der Waals surface area contributed by atoms with Gasteiger partial charge in [0.1, 0.15) is 22.9 Å². The van der Waals surface area contributed by atoms with E-state index in [9.17, 15) is 31.5 Å². The van der Waals surface area contributed by atoms with Crippen LogP contribution in [0.3, 0.4) is 0 Å². The second kappa shape index (κ2) is 8.95. The van der Waals surface area contributed by atoms with Gasteiger partial charge in [-0.05, 0) is 0 Å². The van der Waals surface area contributed by atoms with Crippen LogP contribution in [0.4, 0.5) is 27.6 Å². The van der Waals surface area contributed by atoms with E-state index in [1.54, 1.807) is 0 Å². The number of anilines is 1. The van der Waals surface area contributed by atoms with E-state index in [0.29, 0.717) is 16.8 Å². The van der Waals surface area contributed by atoms with Crippen molar-refractivity contribution in [3.05, 3.63) is 58.9 Å². The molecule has 1 aromatic carbocycles. The minimum Gasteiger partial charge on any atom is -0.319 e. The van der Waals surface area contributed by atoms with E-state index < -0.39 is 52.7 Å². The van der Waals surface area contributed by atoms with E-state index in [2.05, 4.69) is 25.5 Å². The lowest BCUT2D eigenvalue weighted by molar-refractivity contribution is -0.140. The van der Waals surface area contributed by atoms with Crippen LogP contribution >= 0.6 is 0 Å². The third-order valence-electron chi connectivity index (χ3n) is 3.91. The zero-order chi connectivity index (χ0) is 23.6. The molecule has 0 atom stereocenters. The first-order chi connectivity index (χ1) is 15.1. The predicted octanol–water partition coefficient (Wildman–Crippen LogP) is 3.11. The van der Waals surface area contributed by atoms with Crippen LogP contribution in [0.1, 0.15) is 35.1 Å². The minimum absolute atomic E-state index is 0.238. The first-order valence-electron chi connectivity index (χ1n) is 8.65. The predicted molar refractivity (Wildman–Crippen MR) is 98.9 cm³/mol. The van der Waals surface area contributed by atoms with Crippen LogP contribution in [0.2, 0.25) is 0 Å². The fraction of sp³-hybridized carbons (Fsp3) is 0.167. The number of hydrogen-bond acceptors (Lipinski definition) is 6. The van der Waals surface area contributed by atoms with Gasteiger partial charge in [0.05, 0.1) is 23.7 Å². The van der Waals surface area contributed by atoms with Crippen LogP contribution < -0.4 is 5.32 Å². The maximum Gasteiger partial charge on any atom is 0.331 e. The Balaban J connectivity index is 2.06. The van der Waals surface area contributed by atoms with E-state index >= 15 is 0 Å². The molecule has 168 valence electrons. The first-order valence-corrected chi connectivity index (χ1v) is 8.65. The van der Waals surface area contributed by atoms with Crippen LogP contribution in [0.5, 0.6) is 0 Å². The number of carbonyl (C=O) groups excluding carboxylic acids is 2. The summed E-state index contributed by atoms with van der Waals surface area (Å²) in [6, 6.07) is 0.797. The van der Waals surface area contributed by atoms with Gasteiger partial charge in [0.2, 0.25) is 0 Å². The van der Waals surface area contributed by atoms with Gasteiger partial charge in [0.25, 0.3) is 12.3 Å². The zero-order valence-corrected chi connectivity index (χ0v) is 16.3. The summed E-state index contributed by atoms with van der Waals surface area (Å²) in [5, 5.41) is 12.8. The number of alkyl halides is 2. The largest absolute Gasteiger partial charge is 0.331 e. The van der Waals surface area contributed by atoms with Crippen LogP contribution in [0.25, 0.3) is 5.69 Å². The van der Waals surface area contributed by atoms with Crippen molar-refractivity contribution in [2.45, 2.75) is 13.3 Å². The highest BCUT2D eigenvalue weighted by Gasteiger charge is 2.25. The number of nitrogens with one attached hydrogen (secondary N) is 1. The third-order valence-corrected chi connectivity index (χ3v) is 3.91. The van der Waals surface area contributed by atoms with E-state index in [1.807, 2.05) is 0 Å². The van der Waals surface area contributed by atoms with Crippen LogP contribution in [0, 0.1) is 17.5 Å². The number of halogens is 5. The Bertz CT molecular complexity index is 1200. The number of rotatable bonds is 6.